The Kier molecular flexibility index (Phi) is 4.60. The van der Waals surface area contributed by atoms with Crippen LogP contribution in [0, 0.1) is 10.1 Å². The summed E-state index contributed by atoms with van der Waals surface area (Å²) in [6, 6.07) is 5.91. The minimum absolute atomic E-state index is 0.171. The lowest BCUT2D eigenvalue weighted by Gasteiger charge is -2.34. The van der Waals surface area contributed by atoms with E-state index in [0.717, 1.165) is 0 Å². The maximum Gasteiger partial charge on any atom is 0.273 e. The zero-order valence-electron chi connectivity index (χ0n) is 11.9. The van der Waals surface area contributed by atoms with Crippen LogP contribution in [0.5, 0.6) is 0 Å². The van der Waals surface area contributed by atoms with Crippen molar-refractivity contribution in [3.63, 3.8) is 0 Å². The lowest BCUT2D eigenvalue weighted by atomic mass is 10.2. The van der Waals surface area contributed by atoms with Gasteiger partial charge < -0.3 is 4.74 Å². The topological polar surface area (TPSA) is 89.8 Å². The molecule has 0 N–H and O–H groups in total. The van der Waals surface area contributed by atoms with Gasteiger partial charge in [0, 0.05) is 24.7 Å². The molecule has 2 unspecified atom stereocenters. The van der Waals surface area contributed by atoms with Crippen LogP contribution < -0.4 is 0 Å². The summed E-state index contributed by atoms with van der Waals surface area (Å²) in [6.45, 7) is 4.16. The second kappa shape index (κ2) is 6.08. The van der Waals surface area contributed by atoms with E-state index >= 15 is 0 Å². The van der Waals surface area contributed by atoms with Gasteiger partial charge in [-0.05, 0) is 13.8 Å². The monoisotopic (exact) mass is 314 g/mol. The van der Waals surface area contributed by atoms with Crippen LogP contribution in [-0.4, -0.2) is 42.9 Å². The highest BCUT2D eigenvalue weighted by molar-refractivity contribution is 7.88. The minimum Gasteiger partial charge on any atom is -0.373 e. The van der Waals surface area contributed by atoms with Gasteiger partial charge in [-0.1, -0.05) is 18.2 Å². The lowest BCUT2D eigenvalue weighted by Crippen LogP contribution is -2.48. The summed E-state index contributed by atoms with van der Waals surface area (Å²) in [5.74, 6) is -0.371. The Balaban J connectivity index is 2.24. The van der Waals surface area contributed by atoms with Crippen LogP contribution in [0.25, 0.3) is 0 Å². The minimum atomic E-state index is -3.61. The lowest BCUT2D eigenvalue weighted by molar-refractivity contribution is -0.385. The zero-order valence-corrected chi connectivity index (χ0v) is 12.7. The molecule has 0 radical (unpaired) electrons. The second-order valence-corrected chi connectivity index (χ2v) is 7.19. The van der Waals surface area contributed by atoms with Crippen molar-refractivity contribution in [2.45, 2.75) is 31.8 Å². The van der Waals surface area contributed by atoms with E-state index in [4.69, 9.17) is 4.74 Å². The highest BCUT2D eigenvalue weighted by Crippen LogP contribution is 2.23. The van der Waals surface area contributed by atoms with Crippen molar-refractivity contribution >= 4 is 15.7 Å². The molecule has 1 aromatic carbocycles. The SMILES string of the molecule is CC1CN(S(=O)(=O)Cc2ccccc2[N+](=O)[O-])CC(C)O1. The first-order valence-corrected chi connectivity index (χ1v) is 8.26. The van der Waals surface area contributed by atoms with Gasteiger partial charge in [-0.25, -0.2) is 8.42 Å². The van der Waals surface area contributed by atoms with Crippen molar-refractivity contribution in [1.29, 1.82) is 0 Å². The van der Waals surface area contributed by atoms with E-state index in [2.05, 4.69) is 0 Å². The van der Waals surface area contributed by atoms with Crippen molar-refractivity contribution < 1.29 is 18.1 Å². The van der Waals surface area contributed by atoms with Crippen LogP contribution in [-0.2, 0) is 20.5 Å². The fourth-order valence-corrected chi connectivity index (χ4v) is 4.15. The molecule has 2 rings (SSSR count). The standard InChI is InChI=1S/C13H18N2O5S/c1-10-7-14(8-11(2)20-10)21(18,19)9-12-5-3-4-6-13(12)15(16)17/h3-6,10-11H,7-9H2,1-2H3. The highest BCUT2D eigenvalue weighted by Gasteiger charge is 2.32. The summed E-state index contributed by atoms with van der Waals surface area (Å²) >= 11 is 0. The van der Waals surface area contributed by atoms with Crippen molar-refractivity contribution in [2.24, 2.45) is 0 Å². The van der Waals surface area contributed by atoms with Crippen LogP contribution in [0.2, 0.25) is 0 Å². The zero-order chi connectivity index (χ0) is 15.6. The number of benzene rings is 1. The van der Waals surface area contributed by atoms with Crippen LogP contribution >= 0.6 is 0 Å². The number of ether oxygens (including phenoxy) is 1. The summed E-state index contributed by atoms with van der Waals surface area (Å²) in [6.07, 6.45) is -0.372. The van der Waals surface area contributed by atoms with Crippen molar-refractivity contribution in [3.8, 4) is 0 Å². The third-order valence-corrected chi connectivity index (χ3v) is 5.07. The van der Waals surface area contributed by atoms with Gasteiger partial charge in [0.05, 0.1) is 22.9 Å². The molecule has 0 aromatic heterocycles. The number of nitrogens with zero attached hydrogens (tertiary/aromatic N) is 2. The van der Waals surface area contributed by atoms with Crippen LogP contribution in [0.3, 0.4) is 0 Å². The van der Waals surface area contributed by atoms with Gasteiger partial charge in [0.1, 0.15) is 0 Å². The molecule has 0 saturated carbocycles. The third kappa shape index (κ3) is 3.78. The second-order valence-electron chi connectivity index (χ2n) is 5.22. The van der Waals surface area contributed by atoms with Crippen molar-refractivity contribution in [1.82, 2.24) is 4.31 Å². The third-order valence-electron chi connectivity index (χ3n) is 3.31. The van der Waals surface area contributed by atoms with Gasteiger partial charge in [-0.3, -0.25) is 10.1 Å². The fourth-order valence-electron chi connectivity index (χ4n) is 2.46. The normalized spacial score (nSPS) is 23.9. The number of hydrogen-bond donors (Lipinski definition) is 0. The molecule has 1 aliphatic heterocycles. The number of sulfonamides is 1. The summed E-state index contributed by atoms with van der Waals surface area (Å²) in [5.41, 5.74) is 0.0322. The van der Waals surface area contributed by atoms with E-state index in [9.17, 15) is 18.5 Å². The molecule has 1 aliphatic rings. The largest absolute Gasteiger partial charge is 0.373 e. The molecule has 1 saturated heterocycles. The van der Waals surface area contributed by atoms with Gasteiger partial charge >= 0.3 is 0 Å². The molecule has 1 fully saturated rings. The Morgan fingerprint density at radius 1 is 1.29 bits per heavy atom. The number of hydrogen-bond acceptors (Lipinski definition) is 5. The fraction of sp³-hybridized carbons (Fsp3) is 0.538. The molecule has 0 aliphatic carbocycles. The molecule has 1 heterocycles. The molecular weight excluding hydrogens is 296 g/mol. The van der Waals surface area contributed by atoms with Crippen LogP contribution in [0.4, 0.5) is 5.69 Å². The molecule has 0 spiro atoms. The maximum absolute atomic E-state index is 12.5. The van der Waals surface area contributed by atoms with E-state index < -0.39 is 14.9 Å². The summed E-state index contributed by atoms with van der Waals surface area (Å²) in [4.78, 5) is 10.4. The van der Waals surface area contributed by atoms with Gasteiger partial charge in [0.2, 0.25) is 10.0 Å². The Labute approximate surface area is 123 Å². The molecule has 0 bridgehead atoms. The van der Waals surface area contributed by atoms with Crippen LogP contribution in [0.1, 0.15) is 19.4 Å². The summed E-state index contributed by atoms with van der Waals surface area (Å²) in [7, 11) is -3.61. The van der Waals surface area contributed by atoms with Crippen LogP contribution in [0.15, 0.2) is 24.3 Å². The Morgan fingerprint density at radius 2 is 1.86 bits per heavy atom. The number of rotatable bonds is 4. The Morgan fingerprint density at radius 3 is 2.43 bits per heavy atom. The van der Waals surface area contributed by atoms with Gasteiger partial charge in [0.15, 0.2) is 0 Å². The molecular formula is C13H18N2O5S. The molecule has 116 valence electrons. The average Bonchev–Trinajstić information content (AvgIpc) is 2.37. The molecule has 21 heavy (non-hydrogen) atoms. The molecule has 1 aromatic rings. The predicted octanol–water partition coefficient (Wildman–Crippen LogP) is 1.53. The Bertz CT molecular complexity index is 621. The van der Waals surface area contributed by atoms with Gasteiger partial charge in [-0.2, -0.15) is 4.31 Å². The van der Waals surface area contributed by atoms with E-state index in [1.807, 2.05) is 13.8 Å². The van der Waals surface area contributed by atoms with Gasteiger partial charge in [0.25, 0.3) is 5.69 Å². The Hall–Kier alpha value is -1.51. The first-order valence-electron chi connectivity index (χ1n) is 6.65. The number of para-hydroxylation sites is 1. The smallest absolute Gasteiger partial charge is 0.273 e. The summed E-state index contributed by atoms with van der Waals surface area (Å²) < 4.78 is 31.8. The summed E-state index contributed by atoms with van der Waals surface area (Å²) in [5, 5.41) is 11.0. The van der Waals surface area contributed by atoms with E-state index in [-0.39, 0.29) is 42.3 Å². The maximum atomic E-state index is 12.5. The number of nitro groups is 1. The van der Waals surface area contributed by atoms with E-state index in [0.29, 0.717) is 0 Å². The highest BCUT2D eigenvalue weighted by atomic mass is 32.2. The molecule has 7 nitrogen and oxygen atoms in total. The van der Waals surface area contributed by atoms with Crippen molar-refractivity contribution in [2.75, 3.05) is 13.1 Å². The van der Waals surface area contributed by atoms with E-state index in [1.165, 1.54) is 22.5 Å². The van der Waals surface area contributed by atoms with E-state index in [1.54, 1.807) is 6.07 Å². The average molecular weight is 314 g/mol. The molecule has 8 heteroatoms. The quantitative estimate of drug-likeness (QED) is 0.621. The predicted molar refractivity (Wildman–Crippen MR) is 77.3 cm³/mol. The first-order chi connectivity index (χ1) is 9.79. The number of nitro benzene ring substituents is 1. The van der Waals surface area contributed by atoms with Gasteiger partial charge in [-0.15, -0.1) is 0 Å². The molecule has 2 atom stereocenters. The molecule has 0 amide bonds. The first kappa shape index (κ1) is 15.9. The van der Waals surface area contributed by atoms with Crippen molar-refractivity contribution in [3.05, 3.63) is 39.9 Å². The number of morpholine rings is 1.